The SMILES string of the molecule is COCC[C@H](O)CCO. The fourth-order valence-electron chi connectivity index (χ4n) is 0.547. The molecule has 3 heteroatoms. The quantitative estimate of drug-likeness (QED) is 0.546. The summed E-state index contributed by atoms with van der Waals surface area (Å²) in [5, 5.41) is 17.3. The van der Waals surface area contributed by atoms with Gasteiger partial charge in [-0.15, -0.1) is 0 Å². The number of aliphatic hydroxyl groups excluding tert-OH is 2. The highest BCUT2D eigenvalue weighted by Gasteiger charge is 2.00. The summed E-state index contributed by atoms with van der Waals surface area (Å²) in [7, 11) is 1.59. The first kappa shape index (κ1) is 8.88. The van der Waals surface area contributed by atoms with Crippen LogP contribution in [0.2, 0.25) is 0 Å². The van der Waals surface area contributed by atoms with Crippen molar-refractivity contribution in [2.45, 2.75) is 18.9 Å². The molecule has 9 heavy (non-hydrogen) atoms. The van der Waals surface area contributed by atoms with Gasteiger partial charge in [0, 0.05) is 20.3 Å². The van der Waals surface area contributed by atoms with Crippen LogP contribution in [0.25, 0.3) is 0 Å². The second kappa shape index (κ2) is 6.01. The largest absolute Gasteiger partial charge is 0.396 e. The van der Waals surface area contributed by atoms with Gasteiger partial charge in [0.15, 0.2) is 0 Å². The Kier molecular flexibility index (Phi) is 5.93. The Morgan fingerprint density at radius 1 is 1.44 bits per heavy atom. The average Bonchev–Trinajstić information content (AvgIpc) is 1.85. The normalized spacial score (nSPS) is 13.7. The molecule has 0 spiro atoms. The van der Waals surface area contributed by atoms with Crippen molar-refractivity contribution in [2.75, 3.05) is 20.3 Å². The lowest BCUT2D eigenvalue weighted by molar-refractivity contribution is 0.0886. The summed E-state index contributed by atoms with van der Waals surface area (Å²) in [5.74, 6) is 0. The van der Waals surface area contributed by atoms with Crippen LogP contribution in [0.15, 0.2) is 0 Å². The molecule has 3 nitrogen and oxygen atoms in total. The molecular weight excluding hydrogens is 120 g/mol. The average molecular weight is 134 g/mol. The molecule has 0 fully saturated rings. The van der Waals surface area contributed by atoms with Gasteiger partial charge < -0.3 is 14.9 Å². The molecule has 0 unspecified atom stereocenters. The van der Waals surface area contributed by atoms with E-state index in [2.05, 4.69) is 0 Å². The molecule has 0 heterocycles. The second-order valence-corrected chi connectivity index (χ2v) is 1.95. The maximum atomic E-state index is 8.94. The third kappa shape index (κ3) is 5.76. The van der Waals surface area contributed by atoms with Crippen LogP contribution < -0.4 is 0 Å². The zero-order valence-electron chi connectivity index (χ0n) is 5.71. The minimum Gasteiger partial charge on any atom is -0.396 e. The second-order valence-electron chi connectivity index (χ2n) is 1.95. The Labute approximate surface area is 55.3 Å². The number of hydrogen-bond donors (Lipinski definition) is 2. The van der Waals surface area contributed by atoms with Gasteiger partial charge in [0.2, 0.25) is 0 Å². The number of rotatable bonds is 5. The van der Waals surface area contributed by atoms with Gasteiger partial charge in [-0.3, -0.25) is 0 Å². The standard InChI is InChI=1S/C6H14O3/c1-9-5-3-6(8)2-4-7/h6-8H,2-5H2,1H3/t6-/m1/s1. The van der Waals surface area contributed by atoms with E-state index in [1.54, 1.807) is 7.11 Å². The van der Waals surface area contributed by atoms with E-state index in [0.717, 1.165) is 0 Å². The number of aliphatic hydroxyl groups is 2. The first-order valence-corrected chi connectivity index (χ1v) is 3.09. The van der Waals surface area contributed by atoms with E-state index >= 15 is 0 Å². The van der Waals surface area contributed by atoms with Gasteiger partial charge >= 0.3 is 0 Å². The van der Waals surface area contributed by atoms with Crippen LogP contribution in [0, 0.1) is 0 Å². The zero-order chi connectivity index (χ0) is 7.11. The fraction of sp³-hybridized carbons (Fsp3) is 1.00. The van der Waals surface area contributed by atoms with Crippen molar-refractivity contribution in [3.8, 4) is 0 Å². The van der Waals surface area contributed by atoms with Crippen LogP contribution in [-0.2, 0) is 4.74 Å². The van der Waals surface area contributed by atoms with E-state index in [4.69, 9.17) is 14.9 Å². The molecule has 0 aromatic carbocycles. The van der Waals surface area contributed by atoms with E-state index < -0.39 is 6.10 Å². The van der Waals surface area contributed by atoms with Gasteiger partial charge in [0.1, 0.15) is 0 Å². The van der Waals surface area contributed by atoms with Crippen molar-refractivity contribution in [3.05, 3.63) is 0 Å². The van der Waals surface area contributed by atoms with Crippen molar-refractivity contribution >= 4 is 0 Å². The summed E-state index contributed by atoms with van der Waals surface area (Å²) in [5.41, 5.74) is 0. The highest BCUT2D eigenvalue weighted by Crippen LogP contribution is 1.95. The Morgan fingerprint density at radius 2 is 2.11 bits per heavy atom. The molecule has 0 aliphatic rings. The molecule has 0 radical (unpaired) electrons. The molecular formula is C6H14O3. The summed E-state index contributed by atoms with van der Waals surface area (Å²) in [6.45, 7) is 0.603. The van der Waals surface area contributed by atoms with Crippen molar-refractivity contribution < 1.29 is 14.9 Å². The Bertz CT molecular complexity index is 56.3. The molecule has 0 aromatic rings. The molecule has 0 rings (SSSR count). The molecule has 1 atom stereocenters. The first-order chi connectivity index (χ1) is 4.31. The van der Waals surface area contributed by atoms with E-state index in [1.165, 1.54) is 0 Å². The zero-order valence-corrected chi connectivity index (χ0v) is 5.71. The van der Waals surface area contributed by atoms with Gasteiger partial charge in [-0.2, -0.15) is 0 Å². The van der Waals surface area contributed by atoms with Crippen molar-refractivity contribution in [2.24, 2.45) is 0 Å². The molecule has 0 aromatic heterocycles. The first-order valence-electron chi connectivity index (χ1n) is 3.09. The lowest BCUT2D eigenvalue weighted by atomic mass is 10.2. The van der Waals surface area contributed by atoms with Gasteiger partial charge in [0.05, 0.1) is 6.10 Å². The van der Waals surface area contributed by atoms with Crippen LogP contribution in [0.4, 0.5) is 0 Å². The van der Waals surface area contributed by atoms with Crippen LogP contribution in [0.1, 0.15) is 12.8 Å². The smallest absolute Gasteiger partial charge is 0.0584 e. The summed E-state index contributed by atoms with van der Waals surface area (Å²) in [4.78, 5) is 0. The van der Waals surface area contributed by atoms with Crippen LogP contribution in [0.3, 0.4) is 0 Å². The molecule has 0 saturated carbocycles. The van der Waals surface area contributed by atoms with Gasteiger partial charge in [-0.05, 0) is 12.8 Å². The molecule has 56 valence electrons. The van der Waals surface area contributed by atoms with Gasteiger partial charge in [-0.25, -0.2) is 0 Å². The summed E-state index contributed by atoms with van der Waals surface area (Å²) < 4.78 is 4.72. The molecule has 2 N–H and O–H groups in total. The Balaban J connectivity index is 2.95. The number of ether oxygens (including phenoxy) is 1. The predicted molar refractivity (Wildman–Crippen MR) is 34.2 cm³/mol. The van der Waals surface area contributed by atoms with E-state index in [-0.39, 0.29) is 6.61 Å². The molecule has 0 saturated heterocycles. The van der Waals surface area contributed by atoms with Crippen LogP contribution >= 0.6 is 0 Å². The summed E-state index contributed by atoms with van der Waals surface area (Å²) >= 11 is 0. The topological polar surface area (TPSA) is 49.7 Å². The van der Waals surface area contributed by atoms with E-state index in [9.17, 15) is 0 Å². The molecule has 0 amide bonds. The van der Waals surface area contributed by atoms with Crippen molar-refractivity contribution in [3.63, 3.8) is 0 Å². The molecule has 0 aliphatic carbocycles. The maximum Gasteiger partial charge on any atom is 0.0584 e. The summed E-state index contributed by atoms with van der Waals surface area (Å²) in [6, 6.07) is 0. The molecule has 0 aliphatic heterocycles. The van der Waals surface area contributed by atoms with Crippen molar-refractivity contribution in [1.29, 1.82) is 0 Å². The van der Waals surface area contributed by atoms with Gasteiger partial charge in [0.25, 0.3) is 0 Å². The molecule has 0 bridgehead atoms. The Morgan fingerprint density at radius 3 is 2.56 bits per heavy atom. The maximum absolute atomic E-state index is 8.94. The summed E-state index contributed by atoms with van der Waals surface area (Å²) in [6.07, 6.45) is 0.649. The number of methoxy groups -OCH3 is 1. The number of hydrogen-bond acceptors (Lipinski definition) is 3. The minimum atomic E-state index is -0.407. The third-order valence-corrected chi connectivity index (χ3v) is 1.12. The highest BCUT2D eigenvalue weighted by molar-refractivity contribution is 4.52. The lowest BCUT2D eigenvalue weighted by Crippen LogP contribution is -2.11. The third-order valence-electron chi connectivity index (χ3n) is 1.12. The lowest BCUT2D eigenvalue weighted by Gasteiger charge is -2.06. The fourth-order valence-corrected chi connectivity index (χ4v) is 0.547. The predicted octanol–water partition coefficient (Wildman–Crippen LogP) is -0.234. The van der Waals surface area contributed by atoms with Crippen LogP contribution in [0.5, 0.6) is 0 Å². The van der Waals surface area contributed by atoms with Crippen molar-refractivity contribution in [1.82, 2.24) is 0 Å². The minimum absolute atomic E-state index is 0.0465. The van der Waals surface area contributed by atoms with E-state index in [1.807, 2.05) is 0 Å². The monoisotopic (exact) mass is 134 g/mol. The van der Waals surface area contributed by atoms with Gasteiger partial charge in [-0.1, -0.05) is 0 Å². The Hall–Kier alpha value is -0.120. The van der Waals surface area contributed by atoms with E-state index in [0.29, 0.717) is 19.4 Å². The van der Waals surface area contributed by atoms with Crippen LogP contribution in [-0.4, -0.2) is 36.6 Å². The highest BCUT2D eigenvalue weighted by atomic mass is 16.5.